The highest BCUT2D eigenvalue weighted by Gasteiger charge is 2.13. The third kappa shape index (κ3) is 2.79. The van der Waals surface area contributed by atoms with Gasteiger partial charge in [-0.05, 0) is 63.1 Å². The molecule has 5 heterocycles. The van der Waals surface area contributed by atoms with Crippen LogP contribution in [0.2, 0.25) is 5.02 Å². The lowest BCUT2D eigenvalue weighted by atomic mass is 10.1. The third-order valence-electron chi connectivity index (χ3n) is 5.12. The Bertz CT molecular complexity index is 1360. The van der Waals surface area contributed by atoms with E-state index >= 15 is 0 Å². The Balaban J connectivity index is 1.51. The molecule has 0 radical (unpaired) electrons. The van der Waals surface area contributed by atoms with Crippen LogP contribution in [0, 0.1) is 13.8 Å². The Labute approximate surface area is 167 Å². The first-order valence-corrected chi connectivity index (χ1v) is 9.62. The van der Waals surface area contributed by atoms with Crippen molar-refractivity contribution >= 4 is 39.2 Å². The number of nitrogens with zero attached hydrogens (tertiary/aromatic N) is 5. The van der Waals surface area contributed by atoms with E-state index in [0.717, 1.165) is 63.2 Å². The Hall–Kier alpha value is -3.05. The summed E-state index contributed by atoms with van der Waals surface area (Å²) in [5.41, 5.74) is 7.59. The van der Waals surface area contributed by atoms with Gasteiger partial charge in [0.15, 0.2) is 0 Å². The van der Waals surface area contributed by atoms with Gasteiger partial charge in [0, 0.05) is 34.9 Å². The zero-order valence-electron chi connectivity index (χ0n) is 15.6. The maximum absolute atomic E-state index is 6.45. The highest BCUT2D eigenvalue weighted by Crippen LogP contribution is 2.24. The van der Waals surface area contributed by atoms with Gasteiger partial charge in [0.1, 0.15) is 11.2 Å². The predicted molar refractivity (Wildman–Crippen MR) is 112 cm³/mol. The lowest BCUT2D eigenvalue weighted by molar-refractivity contribution is 0.884. The number of hydrogen-bond donors (Lipinski definition) is 0. The first-order valence-electron chi connectivity index (χ1n) is 9.24. The van der Waals surface area contributed by atoms with E-state index in [2.05, 4.69) is 27.4 Å². The second-order valence-electron chi connectivity index (χ2n) is 7.01. The molecule has 0 aromatic carbocycles. The van der Waals surface area contributed by atoms with Crippen LogP contribution < -0.4 is 0 Å². The normalized spacial score (nSPS) is 11.7. The minimum Gasteiger partial charge on any atom is -0.303 e. The van der Waals surface area contributed by atoms with E-state index in [4.69, 9.17) is 21.6 Å². The third-order valence-corrected chi connectivity index (χ3v) is 5.41. The quantitative estimate of drug-likeness (QED) is 0.442. The van der Waals surface area contributed by atoms with Crippen molar-refractivity contribution in [1.82, 2.24) is 24.3 Å². The molecule has 5 aromatic heterocycles. The zero-order valence-corrected chi connectivity index (χ0v) is 16.4. The van der Waals surface area contributed by atoms with Crippen LogP contribution in [-0.2, 0) is 12.8 Å². The van der Waals surface area contributed by atoms with Gasteiger partial charge in [0.2, 0.25) is 0 Å². The summed E-state index contributed by atoms with van der Waals surface area (Å²) in [5, 5.41) is 1.71. The average molecular weight is 388 g/mol. The summed E-state index contributed by atoms with van der Waals surface area (Å²) < 4.78 is 2.13. The van der Waals surface area contributed by atoms with Crippen LogP contribution in [0.5, 0.6) is 0 Å². The fourth-order valence-corrected chi connectivity index (χ4v) is 3.91. The molecule has 0 aliphatic rings. The van der Waals surface area contributed by atoms with E-state index in [0.29, 0.717) is 5.02 Å². The van der Waals surface area contributed by atoms with Crippen LogP contribution in [0.1, 0.15) is 22.8 Å². The van der Waals surface area contributed by atoms with Crippen LogP contribution in [-0.4, -0.2) is 24.3 Å². The Morgan fingerprint density at radius 2 is 1.86 bits per heavy atom. The van der Waals surface area contributed by atoms with Crippen molar-refractivity contribution in [3.8, 4) is 0 Å². The monoisotopic (exact) mass is 387 g/mol. The van der Waals surface area contributed by atoms with Crippen LogP contribution >= 0.6 is 11.6 Å². The lowest BCUT2D eigenvalue weighted by Gasteiger charge is -2.05. The molecule has 0 saturated carbocycles. The molecule has 0 fully saturated rings. The second-order valence-corrected chi connectivity index (χ2v) is 7.41. The lowest BCUT2D eigenvalue weighted by Crippen LogP contribution is -1.98. The van der Waals surface area contributed by atoms with Gasteiger partial charge < -0.3 is 4.40 Å². The number of fused-ring (bicyclic) bond motifs is 4. The molecule has 138 valence electrons. The fraction of sp³-hybridized carbons (Fsp3) is 0.182. The molecule has 5 aromatic rings. The zero-order chi connectivity index (χ0) is 19.3. The summed E-state index contributed by atoms with van der Waals surface area (Å²) in [4.78, 5) is 18.6. The summed E-state index contributed by atoms with van der Waals surface area (Å²) in [6.07, 6.45) is 5.41. The summed E-state index contributed by atoms with van der Waals surface area (Å²) in [5.74, 6) is 0. The smallest absolute Gasteiger partial charge is 0.146 e. The van der Waals surface area contributed by atoms with E-state index in [9.17, 15) is 0 Å². The van der Waals surface area contributed by atoms with Crippen molar-refractivity contribution in [1.29, 1.82) is 0 Å². The highest BCUT2D eigenvalue weighted by atomic mass is 35.5. The van der Waals surface area contributed by atoms with E-state index in [1.54, 1.807) is 6.20 Å². The number of rotatable bonds is 3. The van der Waals surface area contributed by atoms with Gasteiger partial charge >= 0.3 is 0 Å². The molecule has 0 unspecified atom stereocenters. The van der Waals surface area contributed by atoms with E-state index < -0.39 is 0 Å². The summed E-state index contributed by atoms with van der Waals surface area (Å²) in [7, 11) is 0. The van der Waals surface area contributed by atoms with E-state index in [1.807, 2.05) is 43.5 Å². The van der Waals surface area contributed by atoms with Gasteiger partial charge in [-0.1, -0.05) is 11.6 Å². The molecule has 0 amide bonds. The van der Waals surface area contributed by atoms with Crippen molar-refractivity contribution in [2.45, 2.75) is 26.7 Å². The Morgan fingerprint density at radius 3 is 2.75 bits per heavy atom. The number of imidazole rings is 1. The number of hydrogen-bond acceptors (Lipinski definition) is 4. The molecular formula is C22H18ClN5. The highest BCUT2D eigenvalue weighted by molar-refractivity contribution is 6.34. The molecule has 0 aliphatic heterocycles. The van der Waals surface area contributed by atoms with Crippen LogP contribution in [0.4, 0.5) is 0 Å². The SMILES string of the molecule is Cc1ccc2nc(CCc3nc4c5cccnc5ccn4c3C)cc(Cl)c2n1. The molecule has 0 spiro atoms. The van der Waals surface area contributed by atoms with Crippen molar-refractivity contribution in [2.75, 3.05) is 0 Å². The standard InChI is InChI=1S/C22H18ClN5/c1-13-5-7-20-21(25-13)17(23)12-15(26-20)6-8-18-14(2)28-11-9-19-16(22(28)27-18)4-3-10-24-19/h3-5,7,9-12H,6,8H2,1-2H3. The molecular weight excluding hydrogens is 370 g/mol. The Morgan fingerprint density at radius 1 is 0.964 bits per heavy atom. The van der Waals surface area contributed by atoms with Crippen molar-refractivity contribution in [2.24, 2.45) is 0 Å². The van der Waals surface area contributed by atoms with Crippen LogP contribution in [0.25, 0.3) is 27.6 Å². The predicted octanol–water partition coefficient (Wildman–Crippen LogP) is 4.88. The number of aryl methyl sites for hydroxylation is 4. The molecule has 0 N–H and O–H groups in total. The molecule has 0 atom stereocenters. The van der Waals surface area contributed by atoms with Crippen molar-refractivity contribution in [3.05, 3.63) is 76.6 Å². The molecule has 6 heteroatoms. The first kappa shape index (κ1) is 17.1. The van der Waals surface area contributed by atoms with Crippen molar-refractivity contribution in [3.63, 3.8) is 0 Å². The second kappa shape index (κ2) is 6.53. The molecule has 0 aliphatic carbocycles. The van der Waals surface area contributed by atoms with Gasteiger partial charge in [-0.25, -0.2) is 9.97 Å². The van der Waals surface area contributed by atoms with Gasteiger partial charge in [-0.3, -0.25) is 9.97 Å². The van der Waals surface area contributed by atoms with Crippen LogP contribution in [0.3, 0.4) is 0 Å². The minimum atomic E-state index is 0.646. The maximum atomic E-state index is 6.45. The first-order chi connectivity index (χ1) is 13.6. The van der Waals surface area contributed by atoms with Gasteiger partial charge in [0.05, 0.1) is 21.7 Å². The average Bonchev–Trinajstić information content (AvgIpc) is 3.03. The van der Waals surface area contributed by atoms with Crippen LogP contribution in [0.15, 0.2) is 48.8 Å². The molecule has 5 rings (SSSR count). The number of pyridine rings is 4. The fourth-order valence-electron chi connectivity index (χ4n) is 3.65. The van der Waals surface area contributed by atoms with E-state index in [1.165, 1.54) is 0 Å². The molecule has 0 bridgehead atoms. The molecule has 0 saturated heterocycles. The summed E-state index contributed by atoms with van der Waals surface area (Å²) in [6, 6.07) is 11.9. The Kier molecular flexibility index (Phi) is 3.98. The largest absolute Gasteiger partial charge is 0.303 e. The van der Waals surface area contributed by atoms with Gasteiger partial charge in [-0.2, -0.15) is 0 Å². The number of halogens is 1. The minimum absolute atomic E-state index is 0.646. The van der Waals surface area contributed by atoms with Gasteiger partial charge in [-0.15, -0.1) is 0 Å². The summed E-state index contributed by atoms with van der Waals surface area (Å²) >= 11 is 6.45. The topological polar surface area (TPSA) is 56.0 Å². The summed E-state index contributed by atoms with van der Waals surface area (Å²) in [6.45, 7) is 4.06. The number of aromatic nitrogens is 5. The molecule has 28 heavy (non-hydrogen) atoms. The molecule has 5 nitrogen and oxygen atoms in total. The van der Waals surface area contributed by atoms with Gasteiger partial charge in [0.25, 0.3) is 0 Å². The maximum Gasteiger partial charge on any atom is 0.146 e. The van der Waals surface area contributed by atoms with E-state index in [-0.39, 0.29) is 0 Å². The van der Waals surface area contributed by atoms with Crippen molar-refractivity contribution < 1.29 is 0 Å².